The van der Waals surface area contributed by atoms with Crippen LogP contribution in [0.25, 0.3) is 22.2 Å². The molecule has 1 fully saturated rings. The lowest BCUT2D eigenvalue weighted by atomic mass is 10.1. The van der Waals surface area contributed by atoms with Gasteiger partial charge in [0.1, 0.15) is 5.82 Å². The number of hydrogen-bond acceptors (Lipinski definition) is 6. The number of hydrogen-bond donors (Lipinski definition) is 1. The zero-order chi connectivity index (χ0) is 28.3. The molecule has 3 aromatic heterocycles. The zero-order valence-corrected chi connectivity index (χ0v) is 23.8. The van der Waals surface area contributed by atoms with Crippen molar-refractivity contribution in [1.29, 1.82) is 0 Å². The van der Waals surface area contributed by atoms with Crippen molar-refractivity contribution >= 4 is 41.1 Å². The molecular weight excluding hydrogens is 563 g/mol. The second-order valence-corrected chi connectivity index (χ2v) is 10.8. The second kappa shape index (κ2) is 12.1. The molecule has 1 aliphatic heterocycles. The molecule has 210 valence electrons. The predicted octanol–water partition coefficient (Wildman–Crippen LogP) is 5.82. The van der Waals surface area contributed by atoms with Crippen molar-refractivity contribution in [2.24, 2.45) is 0 Å². The Bertz CT molecular complexity index is 1740. The van der Waals surface area contributed by atoms with Crippen molar-refractivity contribution in [3.8, 4) is 11.1 Å². The number of rotatable bonds is 7. The standard InChI is InChI=1S/C31H28ClFN4O3S/c32-28-8-4-7-23(30(28)33)16-36-10-9-22(13-29(36)38)27-18-37(41)31-26(27)14-24(15-34-31)35-11-12-39-20-25(17-35)40-19-21-5-2-1-3-6-21/h1-10,13-15,18,25,41H,11-12,16-17,19-20H2. The van der Waals surface area contributed by atoms with E-state index in [0.29, 0.717) is 44.1 Å². The third-order valence-corrected chi connectivity index (χ3v) is 7.81. The third kappa shape index (κ3) is 6.04. The van der Waals surface area contributed by atoms with Crippen LogP contribution in [-0.2, 0) is 22.6 Å². The minimum atomic E-state index is -0.520. The van der Waals surface area contributed by atoms with Crippen molar-refractivity contribution < 1.29 is 13.9 Å². The first-order valence-corrected chi connectivity index (χ1v) is 14.1. The SMILES string of the molecule is O=c1cc(-c2cn(S)c3ncc(N4CCOCC(OCc5ccccc5)C4)cc23)ccn1Cc1cccc(Cl)c1F. The van der Waals surface area contributed by atoms with Gasteiger partial charge in [0.2, 0.25) is 0 Å². The van der Waals surface area contributed by atoms with Crippen molar-refractivity contribution in [3.05, 3.63) is 118 Å². The molecule has 0 bridgehead atoms. The van der Waals surface area contributed by atoms with Crippen LogP contribution in [0.15, 0.2) is 90.1 Å². The summed E-state index contributed by atoms with van der Waals surface area (Å²) in [6, 6.07) is 20.3. The van der Waals surface area contributed by atoms with E-state index >= 15 is 0 Å². The van der Waals surface area contributed by atoms with Crippen LogP contribution >= 0.6 is 24.4 Å². The Labute approximate surface area is 247 Å². The molecule has 4 heterocycles. The fourth-order valence-electron chi connectivity index (χ4n) is 5.05. The summed E-state index contributed by atoms with van der Waals surface area (Å²) in [5.41, 5.74) is 4.37. The highest BCUT2D eigenvalue weighted by atomic mass is 35.5. The minimum Gasteiger partial charge on any atom is -0.377 e. The topological polar surface area (TPSA) is 61.5 Å². The van der Waals surface area contributed by atoms with Crippen LogP contribution in [0.1, 0.15) is 11.1 Å². The highest BCUT2D eigenvalue weighted by Gasteiger charge is 2.22. The molecule has 0 spiro atoms. The molecule has 2 aromatic carbocycles. The summed E-state index contributed by atoms with van der Waals surface area (Å²) in [5.74, 6) is -0.520. The molecule has 0 saturated carbocycles. The Morgan fingerprint density at radius 3 is 2.80 bits per heavy atom. The summed E-state index contributed by atoms with van der Waals surface area (Å²) in [6.07, 6.45) is 5.24. The van der Waals surface area contributed by atoms with Gasteiger partial charge in [-0.1, -0.05) is 66.9 Å². The predicted molar refractivity (Wildman–Crippen MR) is 162 cm³/mol. The van der Waals surface area contributed by atoms with Crippen molar-refractivity contribution in [1.82, 2.24) is 13.5 Å². The Morgan fingerprint density at radius 2 is 1.98 bits per heavy atom. The number of ether oxygens (including phenoxy) is 2. The molecule has 0 radical (unpaired) electrons. The fraction of sp³-hybridized carbons (Fsp3) is 0.226. The van der Waals surface area contributed by atoms with E-state index in [1.165, 1.54) is 10.6 Å². The molecule has 0 amide bonds. The van der Waals surface area contributed by atoms with Gasteiger partial charge in [0.05, 0.1) is 49.4 Å². The molecule has 0 N–H and O–H groups in total. The molecule has 7 nitrogen and oxygen atoms in total. The third-order valence-electron chi connectivity index (χ3n) is 7.22. The molecule has 1 unspecified atom stereocenters. The maximum atomic E-state index is 14.4. The summed E-state index contributed by atoms with van der Waals surface area (Å²) in [4.78, 5) is 19.9. The Hall–Kier alpha value is -3.63. The molecule has 1 aliphatic rings. The smallest absolute Gasteiger partial charge is 0.251 e. The average molecular weight is 591 g/mol. The number of anilines is 1. The lowest BCUT2D eigenvalue weighted by Gasteiger charge is -2.25. The quantitative estimate of drug-likeness (QED) is 0.242. The monoisotopic (exact) mass is 590 g/mol. The first-order chi connectivity index (χ1) is 20.0. The maximum Gasteiger partial charge on any atom is 0.251 e. The number of nitrogens with zero attached hydrogens (tertiary/aromatic N) is 4. The molecule has 5 aromatic rings. The first-order valence-electron chi connectivity index (χ1n) is 13.3. The lowest BCUT2D eigenvalue weighted by Crippen LogP contribution is -2.34. The summed E-state index contributed by atoms with van der Waals surface area (Å²) in [5, 5.41) is 0.893. The number of aromatic nitrogens is 3. The second-order valence-electron chi connectivity index (χ2n) is 9.99. The fourth-order valence-corrected chi connectivity index (χ4v) is 5.52. The van der Waals surface area contributed by atoms with Crippen LogP contribution in [0.5, 0.6) is 0 Å². The molecule has 41 heavy (non-hydrogen) atoms. The van der Waals surface area contributed by atoms with Crippen LogP contribution in [0.4, 0.5) is 10.1 Å². The van der Waals surface area contributed by atoms with Gasteiger partial charge >= 0.3 is 0 Å². The van der Waals surface area contributed by atoms with Gasteiger partial charge in [0.25, 0.3) is 5.56 Å². The van der Waals surface area contributed by atoms with Gasteiger partial charge in [0.15, 0.2) is 5.65 Å². The average Bonchev–Trinajstić information content (AvgIpc) is 3.14. The van der Waals surface area contributed by atoms with E-state index in [-0.39, 0.29) is 23.2 Å². The van der Waals surface area contributed by atoms with Gasteiger partial charge in [-0.3, -0.25) is 8.77 Å². The number of benzene rings is 2. The number of fused-ring (bicyclic) bond motifs is 1. The first kappa shape index (κ1) is 27.5. The van der Waals surface area contributed by atoms with Gasteiger partial charge in [-0.2, -0.15) is 0 Å². The van der Waals surface area contributed by atoms with E-state index in [9.17, 15) is 9.18 Å². The normalized spacial score (nSPS) is 15.8. The summed E-state index contributed by atoms with van der Waals surface area (Å²) in [6.45, 7) is 3.05. The minimum absolute atomic E-state index is 0.0297. The molecule has 10 heteroatoms. The zero-order valence-electron chi connectivity index (χ0n) is 22.1. The van der Waals surface area contributed by atoms with Gasteiger partial charge < -0.3 is 18.9 Å². The van der Waals surface area contributed by atoms with Crippen LogP contribution in [0.3, 0.4) is 0 Å². The Balaban J connectivity index is 1.26. The Morgan fingerprint density at radius 1 is 1.12 bits per heavy atom. The summed E-state index contributed by atoms with van der Waals surface area (Å²) in [7, 11) is 0. The van der Waals surface area contributed by atoms with Crippen molar-refractivity contribution in [3.63, 3.8) is 0 Å². The maximum absolute atomic E-state index is 14.4. The van der Waals surface area contributed by atoms with Gasteiger partial charge in [0, 0.05) is 48.1 Å². The molecule has 1 saturated heterocycles. The number of halogens is 2. The van der Waals surface area contributed by atoms with Crippen molar-refractivity contribution in [2.45, 2.75) is 19.3 Å². The van der Waals surface area contributed by atoms with E-state index in [1.807, 2.05) is 48.8 Å². The van der Waals surface area contributed by atoms with Crippen molar-refractivity contribution in [2.75, 3.05) is 31.2 Å². The van der Waals surface area contributed by atoms with E-state index in [1.54, 1.807) is 28.4 Å². The highest BCUT2D eigenvalue weighted by Crippen LogP contribution is 2.32. The summed E-state index contributed by atoms with van der Waals surface area (Å²) >= 11 is 10.5. The largest absolute Gasteiger partial charge is 0.377 e. The molecule has 0 aliphatic carbocycles. The lowest BCUT2D eigenvalue weighted by molar-refractivity contribution is -0.00795. The van der Waals surface area contributed by atoms with Crippen LogP contribution in [0.2, 0.25) is 5.02 Å². The van der Waals surface area contributed by atoms with Crippen LogP contribution in [0, 0.1) is 5.82 Å². The van der Waals surface area contributed by atoms with Gasteiger partial charge in [-0.05, 0) is 29.3 Å². The Kier molecular flexibility index (Phi) is 8.11. The highest BCUT2D eigenvalue weighted by molar-refractivity contribution is 7.78. The van der Waals surface area contributed by atoms with E-state index < -0.39 is 5.82 Å². The summed E-state index contributed by atoms with van der Waals surface area (Å²) < 4.78 is 29.6. The molecule has 6 rings (SSSR count). The molecular formula is C31H28ClFN4O3S. The van der Waals surface area contributed by atoms with Gasteiger partial charge in [-0.15, -0.1) is 0 Å². The van der Waals surface area contributed by atoms with E-state index in [0.717, 1.165) is 27.8 Å². The van der Waals surface area contributed by atoms with Gasteiger partial charge in [-0.25, -0.2) is 9.37 Å². The van der Waals surface area contributed by atoms with E-state index in [4.69, 9.17) is 26.1 Å². The number of pyridine rings is 2. The molecule has 1 atom stereocenters. The van der Waals surface area contributed by atoms with E-state index in [2.05, 4.69) is 23.8 Å². The number of thiol groups is 1. The van der Waals surface area contributed by atoms with Crippen LogP contribution in [-0.4, -0.2) is 45.9 Å². The van der Waals surface area contributed by atoms with Crippen LogP contribution < -0.4 is 10.5 Å².